The van der Waals surface area contributed by atoms with Gasteiger partial charge in [0.1, 0.15) is 0 Å². The first-order chi connectivity index (χ1) is 9.09. The Balaban J connectivity index is 1.82. The van der Waals surface area contributed by atoms with Crippen molar-refractivity contribution >= 4 is 0 Å². The number of nitrogens with zero attached hydrogens (tertiary/aromatic N) is 2. The average Bonchev–Trinajstić information content (AvgIpc) is 2.42. The lowest BCUT2D eigenvalue weighted by Gasteiger charge is -2.41. The molecule has 0 radical (unpaired) electrons. The standard InChI is InChI=1S/C15H25N3O/c1-13-4-5-16-10-14(13)11-17-12-15(2,3)18-6-8-19-9-7-18/h4-5,10,17H,6-9,11-12H2,1-3H3. The van der Waals surface area contributed by atoms with Crippen molar-refractivity contribution in [3.05, 3.63) is 29.6 Å². The van der Waals surface area contributed by atoms with Gasteiger partial charge in [0.25, 0.3) is 0 Å². The van der Waals surface area contributed by atoms with Gasteiger partial charge in [0.15, 0.2) is 0 Å². The molecule has 0 aromatic carbocycles. The Morgan fingerprint density at radius 1 is 1.37 bits per heavy atom. The third kappa shape index (κ3) is 4.00. The van der Waals surface area contributed by atoms with Crippen LogP contribution in [0.5, 0.6) is 0 Å². The summed E-state index contributed by atoms with van der Waals surface area (Å²) in [6.07, 6.45) is 3.79. The summed E-state index contributed by atoms with van der Waals surface area (Å²) in [7, 11) is 0. The zero-order valence-electron chi connectivity index (χ0n) is 12.3. The molecule has 0 unspecified atom stereocenters. The summed E-state index contributed by atoms with van der Waals surface area (Å²) in [6, 6.07) is 2.06. The fourth-order valence-corrected chi connectivity index (χ4v) is 2.47. The molecule has 1 N–H and O–H groups in total. The van der Waals surface area contributed by atoms with Gasteiger partial charge in [-0.25, -0.2) is 0 Å². The molecule has 1 aromatic heterocycles. The van der Waals surface area contributed by atoms with Crippen molar-refractivity contribution in [2.75, 3.05) is 32.8 Å². The number of aromatic nitrogens is 1. The minimum Gasteiger partial charge on any atom is -0.379 e. The van der Waals surface area contributed by atoms with Crippen molar-refractivity contribution in [3.63, 3.8) is 0 Å². The summed E-state index contributed by atoms with van der Waals surface area (Å²) >= 11 is 0. The number of aryl methyl sites for hydroxylation is 1. The zero-order chi connectivity index (χ0) is 13.7. The maximum Gasteiger partial charge on any atom is 0.0594 e. The lowest BCUT2D eigenvalue weighted by molar-refractivity contribution is -0.00967. The highest BCUT2D eigenvalue weighted by atomic mass is 16.5. The van der Waals surface area contributed by atoms with Crippen LogP contribution in [0.1, 0.15) is 25.0 Å². The van der Waals surface area contributed by atoms with Gasteiger partial charge >= 0.3 is 0 Å². The number of hydrogen-bond acceptors (Lipinski definition) is 4. The second-order valence-corrected chi connectivity index (χ2v) is 5.82. The highest BCUT2D eigenvalue weighted by Gasteiger charge is 2.27. The minimum atomic E-state index is 0.167. The van der Waals surface area contributed by atoms with E-state index in [0.29, 0.717) is 0 Å². The Bertz CT molecular complexity index is 400. The first-order valence-corrected chi connectivity index (χ1v) is 7.02. The monoisotopic (exact) mass is 263 g/mol. The van der Waals surface area contributed by atoms with E-state index in [1.165, 1.54) is 11.1 Å². The van der Waals surface area contributed by atoms with Crippen molar-refractivity contribution in [1.82, 2.24) is 15.2 Å². The second-order valence-electron chi connectivity index (χ2n) is 5.82. The molecule has 106 valence electrons. The molecule has 0 bridgehead atoms. The topological polar surface area (TPSA) is 37.4 Å². The lowest BCUT2D eigenvalue weighted by Crippen LogP contribution is -2.54. The Morgan fingerprint density at radius 2 is 2.11 bits per heavy atom. The molecule has 19 heavy (non-hydrogen) atoms. The molecular weight excluding hydrogens is 238 g/mol. The fourth-order valence-electron chi connectivity index (χ4n) is 2.47. The van der Waals surface area contributed by atoms with E-state index in [2.05, 4.69) is 42.0 Å². The Morgan fingerprint density at radius 3 is 2.79 bits per heavy atom. The maximum atomic E-state index is 5.41. The summed E-state index contributed by atoms with van der Waals surface area (Å²) < 4.78 is 5.41. The summed E-state index contributed by atoms with van der Waals surface area (Å²) in [5.74, 6) is 0. The van der Waals surface area contributed by atoms with E-state index in [-0.39, 0.29) is 5.54 Å². The van der Waals surface area contributed by atoms with Crippen LogP contribution in [-0.4, -0.2) is 48.3 Å². The molecule has 1 aromatic rings. The van der Waals surface area contributed by atoms with E-state index in [1.54, 1.807) is 0 Å². The van der Waals surface area contributed by atoms with Crippen molar-refractivity contribution in [1.29, 1.82) is 0 Å². The minimum absolute atomic E-state index is 0.167. The smallest absolute Gasteiger partial charge is 0.0594 e. The van der Waals surface area contributed by atoms with E-state index >= 15 is 0 Å². The SMILES string of the molecule is Cc1ccncc1CNCC(C)(C)N1CCOCC1. The van der Waals surface area contributed by atoms with Crippen LogP contribution < -0.4 is 5.32 Å². The van der Waals surface area contributed by atoms with Crippen LogP contribution in [0.2, 0.25) is 0 Å². The summed E-state index contributed by atoms with van der Waals surface area (Å²) in [6.45, 7) is 12.3. The molecule has 0 atom stereocenters. The van der Waals surface area contributed by atoms with E-state index in [1.807, 2.05) is 12.4 Å². The molecule has 0 amide bonds. The quantitative estimate of drug-likeness (QED) is 0.875. The molecule has 0 aliphatic carbocycles. The first kappa shape index (κ1) is 14.4. The first-order valence-electron chi connectivity index (χ1n) is 7.02. The Labute approximate surface area is 116 Å². The van der Waals surface area contributed by atoms with Crippen molar-refractivity contribution < 1.29 is 4.74 Å². The lowest BCUT2D eigenvalue weighted by atomic mass is 10.0. The number of ether oxygens (including phenoxy) is 1. The van der Waals surface area contributed by atoms with Crippen LogP contribution >= 0.6 is 0 Å². The third-order valence-electron chi connectivity index (χ3n) is 3.89. The molecule has 1 aliphatic rings. The van der Waals surface area contributed by atoms with Gasteiger partial charge in [0.2, 0.25) is 0 Å². The molecule has 2 heterocycles. The van der Waals surface area contributed by atoms with Crippen LogP contribution in [0.15, 0.2) is 18.5 Å². The molecule has 0 spiro atoms. The molecule has 1 fully saturated rings. The van der Waals surface area contributed by atoms with Crippen LogP contribution in [0.4, 0.5) is 0 Å². The van der Waals surface area contributed by atoms with Crippen molar-refractivity contribution in [2.45, 2.75) is 32.9 Å². The molecular formula is C15H25N3O. The molecule has 4 nitrogen and oxygen atoms in total. The van der Waals surface area contributed by atoms with Gasteiger partial charge in [0, 0.05) is 44.1 Å². The van der Waals surface area contributed by atoms with E-state index in [0.717, 1.165) is 39.4 Å². The van der Waals surface area contributed by atoms with Crippen LogP contribution in [0.3, 0.4) is 0 Å². The maximum absolute atomic E-state index is 5.41. The van der Waals surface area contributed by atoms with Crippen molar-refractivity contribution in [3.8, 4) is 0 Å². The van der Waals surface area contributed by atoms with Gasteiger partial charge in [-0.2, -0.15) is 0 Å². The number of rotatable bonds is 5. The van der Waals surface area contributed by atoms with Gasteiger partial charge in [-0.1, -0.05) is 0 Å². The van der Waals surface area contributed by atoms with Gasteiger partial charge in [0.05, 0.1) is 13.2 Å². The van der Waals surface area contributed by atoms with Crippen molar-refractivity contribution in [2.24, 2.45) is 0 Å². The number of hydrogen-bond donors (Lipinski definition) is 1. The predicted molar refractivity (Wildman–Crippen MR) is 77.2 cm³/mol. The Hall–Kier alpha value is -0.970. The average molecular weight is 263 g/mol. The van der Waals surface area contributed by atoms with E-state index in [9.17, 15) is 0 Å². The fraction of sp³-hybridized carbons (Fsp3) is 0.667. The Kier molecular flexibility index (Phi) is 4.91. The van der Waals surface area contributed by atoms with Crippen LogP contribution in [0.25, 0.3) is 0 Å². The molecule has 1 aliphatic heterocycles. The largest absolute Gasteiger partial charge is 0.379 e. The zero-order valence-corrected chi connectivity index (χ0v) is 12.3. The third-order valence-corrected chi connectivity index (χ3v) is 3.89. The number of morpholine rings is 1. The molecule has 0 saturated carbocycles. The van der Waals surface area contributed by atoms with E-state index < -0.39 is 0 Å². The summed E-state index contributed by atoms with van der Waals surface area (Å²) in [4.78, 5) is 6.68. The number of nitrogens with one attached hydrogen (secondary N) is 1. The molecule has 2 rings (SSSR count). The normalized spacial score (nSPS) is 17.6. The second kappa shape index (κ2) is 6.46. The predicted octanol–water partition coefficient (Wildman–Crippen LogP) is 1.59. The van der Waals surface area contributed by atoms with Crippen LogP contribution in [0, 0.1) is 6.92 Å². The van der Waals surface area contributed by atoms with Gasteiger partial charge in [-0.15, -0.1) is 0 Å². The van der Waals surface area contributed by atoms with Gasteiger partial charge in [-0.05, 0) is 38.0 Å². The van der Waals surface area contributed by atoms with Gasteiger partial charge < -0.3 is 10.1 Å². The highest BCUT2D eigenvalue weighted by molar-refractivity contribution is 5.21. The highest BCUT2D eigenvalue weighted by Crippen LogP contribution is 2.15. The summed E-state index contributed by atoms with van der Waals surface area (Å²) in [5, 5.41) is 3.56. The molecule has 4 heteroatoms. The summed E-state index contributed by atoms with van der Waals surface area (Å²) in [5.41, 5.74) is 2.74. The van der Waals surface area contributed by atoms with E-state index in [4.69, 9.17) is 4.74 Å². The van der Waals surface area contributed by atoms with Crippen LogP contribution in [-0.2, 0) is 11.3 Å². The number of pyridine rings is 1. The molecule has 1 saturated heterocycles. The van der Waals surface area contributed by atoms with Gasteiger partial charge in [-0.3, -0.25) is 9.88 Å².